The molecule has 1 aromatic heterocycles. The van der Waals surface area contributed by atoms with Gasteiger partial charge in [0, 0.05) is 25.4 Å². The summed E-state index contributed by atoms with van der Waals surface area (Å²) in [6.07, 6.45) is 4.27. The Morgan fingerprint density at radius 1 is 1.42 bits per heavy atom. The number of aromatic nitrogens is 2. The van der Waals surface area contributed by atoms with Gasteiger partial charge in [0.25, 0.3) is 0 Å². The molecule has 1 aromatic carbocycles. The Hall–Kier alpha value is -2.61. The van der Waals surface area contributed by atoms with Gasteiger partial charge in [0.1, 0.15) is 0 Å². The number of hydrogen-bond acceptors (Lipinski definition) is 4. The van der Waals surface area contributed by atoms with Crippen LogP contribution in [0, 0.1) is 11.3 Å². The molecule has 0 spiro atoms. The van der Waals surface area contributed by atoms with Gasteiger partial charge in [-0.15, -0.1) is 0 Å². The van der Waals surface area contributed by atoms with Gasteiger partial charge in [0.15, 0.2) is 0 Å². The van der Waals surface area contributed by atoms with Crippen LogP contribution in [0.4, 0.5) is 0 Å². The van der Waals surface area contributed by atoms with Gasteiger partial charge in [-0.25, -0.2) is 4.79 Å². The van der Waals surface area contributed by atoms with Crippen molar-refractivity contribution >= 4 is 5.97 Å². The van der Waals surface area contributed by atoms with Crippen LogP contribution in [0.2, 0.25) is 0 Å². The summed E-state index contributed by atoms with van der Waals surface area (Å²) in [6, 6.07) is 10.3. The van der Waals surface area contributed by atoms with Crippen LogP contribution in [-0.2, 0) is 11.3 Å². The van der Waals surface area contributed by atoms with E-state index in [1.807, 2.05) is 18.3 Å². The Morgan fingerprint density at radius 2 is 2.32 bits per heavy atom. The lowest BCUT2D eigenvalue weighted by Crippen LogP contribution is -2.09. The van der Waals surface area contributed by atoms with E-state index in [9.17, 15) is 4.79 Å². The van der Waals surface area contributed by atoms with E-state index in [1.165, 1.54) is 6.07 Å². The summed E-state index contributed by atoms with van der Waals surface area (Å²) >= 11 is 0. The molecule has 0 radical (unpaired) electrons. The molecule has 96 valence electrons. The summed E-state index contributed by atoms with van der Waals surface area (Å²) < 4.78 is 6.92. The Balaban J connectivity index is 1.79. The predicted molar refractivity (Wildman–Crippen MR) is 68.3 cm³/mol. The minimum atomic E-state index is -0.405. The standard InChI is InChI=1S/C14H13N3O2/c15-11-12-4-1-5-13(10-12)14(18)19-9-3-8-17-7-2-6-16-17/h1-2,4-7,10H,3,8-9H2. The second-order valence-electron chi connectivity index (χ2n) is 3.95. The minimum absolute atomic E-state index is 0.329. The number of hydrogen-bond donors (Lipinski definition) is 0. The number of nitrogens with zero attached hydrogens (tertiary/aromatic N) is 3. The molecule has 0 aliphatic heterocycles. The highest BCUT2D eigenvalue weighted by Gasteiger charge is 2.07. The average molecular weight is 255 g/mol. The number of esters is 1. The number of aryl methyl sites for hydroxylation is 1. The highest BCUT2D eigenvalue weighted by Crippen LogP contribution is 2.06. The van der Waals surface area contributed by atoms with Gasteiger partial charge in [0.2, 0.25) is 0 Å². The Kier molecular flexibility index (Phi) is 4.29. The summed E-state index contributed by atoms with van der Waals surface area (Å²) in [5.41, 5.74) is 0.851. The maximum atomic E-state index is 11.7. The van der Waals surface area contributed by atoms with E-state index >= 15 is 0 Å². The monoisotopic (exact) mass is 255 g/mol. The van der Waals surface area contributed by atoms with Crippen molar-refractivity contribution in [1.29, 1.82) is 5.26 Å². The molecule has 0 bridgehead atoms. The van der Waals surface area contributed by atoms with Crippen LogP contribution in [0.25, 0.3) is 0 Å². The fourth-order valence-corrected chi connectivity index (χ4v) is 1.62. The minimum Gasteiger partial charge on any atom is -0.462 e. The zero-order chi connectivity index (χ0) is 13.5. The van der Waals surface area contributed by atoms with Crippen LogP contribution in [0.3, 0.4) is 0 Å². The molecule has 5 nitrogen and oxygen atoms in total. The van der Waals surface area contributed by atoms with Crippen molar-refractivity contribution in [2.75, 3.05) is 6.61 Å². The van der Waals surface area contributed by atoms with Gasteiger partial charge in [-0.1, -0.05) is 6.07 Å². The molecule has 0 N–H and O–H groups in total. The topological polar surface area (TPSA) is 67.9 Å². The van der Waals surface area contributed by atoms with Crippen LogP contribution in [-0.4, -0.2) is 22.4 Å². The summed E-state index contributed by atoms with van der Waals surface area (Å²) in [4.78, 5) is 11.7. The lowest BCUT2D eigenvalue weighted by Gasteiger charge is -2.05. The third-order valence-electron chi connectivity index (χ3n) is 2.55. The van der Waals surface area contributed by atoms with Gasteiger partial charge in [0.05, 0.1) is 23.8 Å². The normalized spacial score (nSPS) is 9.84. The third-order valence-corrected chi connectivity index (χ3v) is 2.55. The fraction of sp³-hybridized carbons (Fsp3) is 0.214. The molecule has 0 aliphatic carbocycles. The van der Waals surface area contributed by atoms with Crippen molar-refractivity contribution in [3.63, 3.8) is 0 Å². The molecule has 1 heterocycles. The van der Waals surface area contributed by atoms with Crippen molar-refractivity contribution in [2.24, 2.45) is 0 Å². The molecule has 0 fully saturated rings. The molecule has 0 aliphatic rings. The molecule has 0 amide bonds. The maximum Gasteiger partial charge on any atom is 0.338 e. The van der Waals surface area contributed by atoms with Crippen molar-refractivity contribution in [3.05, 3.63) is 53.9 Å². The number of carbonyl (C=O) groups excluding carboxylic acids is 1. The maximum absolute atomic E-state index is 11.7. The van der Waals surface area contributed by atoms with Crippen LogP contribution in [0.15, 0.2) is 42.7 Å². The SMILES string of the molecule is N#Cc1cccc(C(=O)OCCCn2cccn2)c1. The van der Waals surface area contributed by atoms with Gasteiger partial charge in [-0.05, 0) is 24.3 Å². The van der Waals surface area contributed by atoms with Gasteiger partial charge in [-0.2, -0.15) is 10.4 Å². The summed E-state index contributed by atoms with van der Waals surface area (Å²) in [7, 11) is 0. The molecule has 0 atom stereocenters. The van der Waals surface area contributed by atoms with Gasteiger partial charge >= 0.3 is 5.97 Å². The van der Waals surface area contributed by atoms with Gasteiger partial charge in [-0.3, -0.25) is 4.68 Å². The van der Waals surface area contributed by atoms with Crippen molar-refractivity contribution in [2.45, 2.75) is 13.0 Å². The number of ether oxygens (including phenoxy) is 1. The summed E-state index contributed by atoms with van der Waals surface area (Å²) in [6.45, 7) is 1.04. The van der Waals surface area contributed by atoms with E-state index in [0.29, 0.717) is 30.7 Å². The molecular formula is C14H13N3O2. The highest BCUT2D eigenvalue weighted by molar-refractivity contribution is 5.89. The smallest absolute Gasteiger partial charge is 0.338 e. The van der Waals surface area contributed by atoms with E-state index in [0.717, 1.165) is 0 Å². The molecular weight excluding hydrogens is 242 g/mol. The molecule has 0 saturated carbocycles. The van der Waals surface area contributed by atoms with E-state index in [-0.39, 0.29) is 0 Å². The van der Waals surface area contributed by atoms with Gasteiger partial charge < -0.3 is 4.74 Å². The lowest BCUT2D eigenvalue weighted by molar-refractivity contribution is 0.0495. The van der Waals surface area contributed by atoms with Crippen LogP contribution < -0.4 is 0 Å². The first-order valence-electron chi connectivity index (χ1n) is 5.94. The Morgan fingerprint density at radius 3 is 3.05 bits per heavy atom. The number of rotatable bonds is 5. The largest absolute Gasteiger partial charge is 0.462 e. The van der Waals surface area contributed by atoms with E-state index < -0.39 is 5.97 Å². The zero-order valence-electron chi connectivity index (χ0n) is 10.3. The Labute approximate surface area is 111 Å². The second kappa shape index (κ2) is 6.36. The first-order chi connectivity index (χ1) is 9.29. The molecule has 2 rings (SSSR count). The van der Waals surface area contributed by atoms with E-state index in [4.69, 9.17) is 10.00 Å². The number of benzene rings is 1. The first-order valence-corrected chi connectivity index (χ1v) is 5.94. The molecule has 5 heteroatoms. The van der Waals surface area contributed by atoms with Crippen LogP contribution in [0.1, 0.15) is 22.3 Å². The molecule has 0 saturated heterocycles. The van der Waals surface area contributed by atoms with E-state index in [1.54, 1.807) is 29.1 Å². The molecule has 19 heavy (non-hydrogen) atoms. The average Bonchev–Trinajstić information content (AvgIpc) is 2.96. The lowest BCUT2D eigenvalue weighted by atomic mass is 10.1. The number of carbonyl (C=O) groups is 1. The Bertz CT molecular complexity index is 585. The van der Waals surface area contributed by atoms with Crippen molar-refractivity contribution in [1.82, 2.24) is 9.78 Å². The summed E-state index contributed by atoms with van der Waals surface area (Å²) in [5.74, 6) is -0.405. The summed E-state index contributed by atoms with van der Waals surface area (Å²) in [5, 5.41) is 12.8. The zero-order valence-corrected chi connectivity index (χ0v) is 10.3. The fourth-order valence-electron chi connectivity index (χ4n) is 1.62. The van der Waals surface area contributed by atoms with Crippen molar-refractivity contribution < 1.29 is 9.53 Å². The van der Waals surface area contributed by atoms with Crippen LogP contribution >= 0.6 is 0 Å². The molecule has 2 aromatic rings. The van der Waals surface area contributed by atoms with Crippen LogP contribution in [0.5, 0.6) is 0 Å². The first kappa shape index (κ1) is 12.8. The predicted octanol–water partition coefficient (Wildman–Crippen LogP) is 2.00. The number of nitriles is 1. The second-order valence-corrected chi connectivity index (χ2v) is 3.95. The highest BCUT2D eigenvalue weighted by atomic mass is 16.5. The third kappa shape index (κ3) is 3.68. The quantitative estimate of drug-likeness (QED) is 0.605. The van der Waals surface area contributed by atoms with E-state index in [2.05, 4.69) is 5.10 Å². The van der Waals surface area contributed by atoms with Crippen molar-refractivity contribution in [3.8, 4) is 6.07 Å². The molecule has 0 unspecified atom stereocenters.